The molecule has 6 nitrogen and oxygen atoms in total. The van der Waals surface area contributed by atoms with Crippen molar-refractivity contribution in [1.82, 2.24) is 4.98 Å². The molecule has 0 radical (unpaired) electrons. The fourth-order valence-electron chi connectivity index (χ4n) is 2.55. The quantitative estimate of drug-likeness (QED) is 0.641. The smallest absolute Gasteiger partial charge is 0.275 e. The van der Waals surface area contributed by atoms with Gasteiger partial charge in [0.15, 0.2) is 16.6 Å². The maximum absolute atomic E-state index is 12.5. The van der Waals surface area contributed by atoms with Crippen LogP contribution in [0.3, 0.4) is 0 Å². The predicted octanol–water partition coefficient (Wildman–Crippen LogP) is 4.77. The number of thiazole rings is 1. The van der Waals surface area contributed by atoms with Crippen LogP contribution in [0.5, 0.6) is 11.5 Å². The van der Waals surface area contributed by atoms with Gasteiger partial charge in [-0.05, 0) is 43.2 Å². The van der Waals surface area contributed by atoms with Crippen LogP contribution in [0.4, 0.5) is 16.5 Å². The standard InChI is InChI=1S/C20H21N3O3S/c1-12-6-5-7-15(13(12)2)22-19(24)16-11-27-20(23-16)21-14-8-9-17(25-3)18(10-14)26-4/h5-11H,1-4H3,(H,21,23)(H,22,24). The van der Waals surface area contributed by atoms with Crippen LogP contribution in [0.15, 0.2) is 41.8 Å². The third kappa shape index (κ3) is 4.20. The third-order valence-electron chi connectivity index (χ3n) is 4.22. The van der Waals surface area contributed by atoms with Crippen LogP contribution in [-0.2, 0) is 0 Å². The zero-order valence-electron chi connectivity index (χ0n) is 15.6. The molecule has 0 unspecified atom stereocenters. The second kappa shape index (κ2) is 8.09. The van der Waals surface area contributed by atoms with Gasteiger partial charge in [-0.15, -0.1) is 11.3 Å². The highest BCUT2D eigenvalue weighted by Gasteiger charge is 2.13. The lowest BCUT2D eigenvalue weighted by Crippen LogP contribution is -2.13. The Morgan fingerprint density at radius 2 is 1.85 bits per heavy atom. The Hall–Kier alpha value is -3.06. The van der Waals surface area contributed by atoms with E-state index in [1.807, 2.05) is 50.2 Å². The number of nitrogens with zero attached hydrogens (tertiary/aromatic N) is 1. The summed E-state index contributed by atoms with van der Waals surface area (Å²) < 4.78 is 10.5. The van der Waals surface area contributed by atoms with Gasteiger partial charge in [0.1, 0.15) is 5.69 Å². The molecule has 1 aromatic heterocycles. The zero-order valence-corrected chi connectivity index (χ0v) is 16.4. The van der Waals surface area contributed by atoms with Gasteiger partial charge in [-0.3, -0.25) is 4.79 Å². The molecule has 2 N–H and O–H groups in total. The molecule has 3 rings (SSSR count). The van der Waals surface area contributed by atoms with E-state index in [0.717, 1.165) is 22.5 Å². The number of amides is 1. The number of methoxy groups -OCH3 is 2. The van der Waals surface area contributed by atoms with Crippen LogP contribution in [0.2, 0.25) is 0 Å². The fourth-order valence-corrected chi connectivity index (χ4v) is 3.26. The van der Waals surface area contributed by atoms with Gasteiger partial charge in [0, 0.05) is 22.8 Å². The SMILES string of the molecule is COc1ccc(Nc2nc(C(=O)Nc3cccc(C)c3C)cs2)cc1OC. The van der Waals surface area contributed by atoms with E-state index in [2.05, 4.69) is 15.6 Å². The first-order valence-electron chi connectivity index (χ1n) is 8.34. The van der Waals surface area contributed by atoms with Crippen molar-refractivity contribution < 1.29 is 14.3 Å². The van der Waals surface area contributed by atoms with Crippen molar-refractivity contribution in [1.29, 1.82) is 0 Å². The summed E-state index contributed by atoms with van der Waals surface area (Å²) in [5.74, 6) is 1.03. The molecule has 140 valence electrons. The van der Waals surface area contributed by atoms with E-state index < -0.39 is 0 Å². The summed E-state index contributed by atoms with van der Waals surface area (Å²) in [6, 6.07) is 11.3. The predicted molar refractivity (Wildman–Crippen MR) is 109 cm³/mol. The van der Waals surface area contributed by atoms with E-state index in [1.165, 1.54) is 11.3 Å². The molecular formula is C20H21N3O3S. The lowest BCUT2D eigenvalue weighted by Gasteiger charge is -2.10. The Bertz CT molecular complexity index is 969. The molecule has 7 heteroatoms. The number of hydrogen-bond donors (Lipinski definition) is 2. The molecule has 0 saturated carbocycles. The lowest BCUT2D eigenvalue weighted by molar-refractivity contribution is 0.102. The van der Waals surface area contributed by atoms with Gasteiger partial charge in [-0.1, -0.05) is 12.1 Å². The molecule has 1 amide bonds. The van der Waals surface area contributed by atoms with Crippen LogP contribution in [-0.4, -0.2) is 25.1 Å². The Morgan fingerprint density at radius 1 is 1.07 bits per heavy atom. The summed E-state index contributed by atoms with van der Waals surface area (Å²) in [7, 11) is 3.17. The van der Waals surface area contributed by atoms with Gasteiger partial charge >= 0.3 is 0 Å². The highest BCUT2D eigenvalue weighted by molar-refractivity contribution is 7.14. The Morgan fingerprint density at radius 3 is 2.59 bits per heavy atom. The van der Waals surface area contributed by atoms with Crippen molar-refractivity contribution in [3.05, 3.63) is 58.6 Å². The molecule has 0 aliphatic rings. The fraction of sp³-hybridized carbons (Fsp3) is 0.200. The highest BCUT2D eigenvalue weighted by Crippen LogP contribution is 2.31. The van der Waals surface area contributed by atoms with Crippen molar-refractivity contribution >= 4 is 33.8 Å². The number of carbonyl (C=O) groups is 1. The van der Waals surface area contributed by atoms with Gasteiger partial charge in [0.05, 0.1) is 14.2 Å². The van der Waals surface area contributed by atoms with E-state index in [4.69, 9.17) is 9.47 Å². The third-order valence-corrected chi connectivity index (χ3v) is 4.98. The van der Waals surface area contributed by atoms with E-state index in [0.29, 0.717) is 22.3 Å². The van der Waals surface area contributed by atoms with Gasteiger partial charge in [-0.2, -0.15) is 0 Å². The average molecular weight is 383 g/mol. The topological polar surface area (TPSA) is 72.5 Å². The molecule has 0 aliphatic carbocycles. The minimum Gasteiger partial charge on any atom is -0.493 e. The van der Waals surface area contributed by atoms with Crippen molar-refractivity contribution in [3.8, 4) is 11.5 Å². The number of hydrogen-bond acceptors (Lipinski definition) is 6. The molecule has 1 heterocycles. The molecule has 0 atom stereocenters. The highest BCUT2D eigenvalue weighted by atomic mass is 32.1. The van der Waals surface area contributed by atoms with Crippen molar-refractivity contribution in [3.63, 3.8) is 0 Å². The molecule has 0 spiro atoms. The summed E-state index contributed by atoms with van der Waals surface area (Å²) in [5, 5.41) is 8.44. The first-order valence-corrected chi connectivity index (χ1v) is 9.22. The summed E-state index contributed by atoms with van der Waals surface area (Å²) in [6.07, 6.45) is 0. The summed E-state index contributed by atoms with van der Waals surface area (Å²) in [5.41, 5.74) is 4.13. The van der Waals surface area contributed by atoms with Crippen LogP contribution >= 0.6 is 11.3 Å². The molecule has 3 aromatic rings. The molecule has 0 aliphatic heterocycles. The molecule has 0 bridgehead atoms. The number of benzene rings is 2. The number of anilines is 3. The van der Waals surface area contributed by atoms with Crippen molar-refractivity contribution in [2.75, 3.05) is 24.9 Å². The zero-order chi connectivity index (χ0) is 19.4. The van der Waals surface area contributed by atoms with Gasteiger partial charge < -0.3 is 20.1 Å². The van der Waals surface area contributed by atoms with E-state index >= 15 is 0 Å². The van der Waals surface area contributed by atoms with Crippen LogP contribution < -0.4 is 20.1 Å². The molecule has 2 aromatic carbocycles. The van der Waals surface area contributed by atoms with Gasteiger partial charge in [0.2, 0.25) is 0 Å². The van der Waals surface area contributed by atoms with Crippen LogP contribution in [0, 0.1) is 13.8 Å². The second-order valence-electron chi connectivity index (χ2n) is 5.93. The first kappa shape index (κ1) is 18.7. The second-order valence-corrected chi connectivity index (χ2v) is 6.79. The maximum atomic E-state index is 12.5. The molecule has 27 heavy (non-hydrogen) atoms. The molecule has 0 fully saturated rings. The Kier molecular flexibility index (Phi) is 5.61. The van der Waals surface area contributed by atoms with E-state index in [9.17, 15) is 4.79 Å². The summed E-state index contributed by atoms with van der Waals surface area (Å²) in [4.78, 5) is 16.9. The average Bonchev–Trinajstić information content (AvgIpc) is 3.14. The summed E-state index contributed by atoms with van der Waals surface area (Å²) in [6.45, 7) is 4.00. The minimum atomic E-state index is -0.236. The molecular weight excluding hydrogens is 362 g/mol. The maximum Gasteiger partial charge on any atom is 0.275 e. The first-order chi connectivity index (χ1) is 13.0. The number of carbonyl (C=O) groups excluding carboxylic acids is 1. The Balaban J connectivity index is 1.73. The van der Waals surface area contributed by atoms with E-state index in [1.54, 1.807) is 19.6 Å². The monoisotopic (exact) mass is 383 g/mol. The number of aryl methyl sites for hydroxylation is 1. The number of nitrogens with one attached hydrogen (secondary N) is 2. The van der Waals surface area contributed by atoms with Gasteiger partial charge in [-0.25, -0.2) is 4.98 Å². The molecule has 0 saturated heterocycles. The Labute approximate surface area is 162 Å². The van der Waals surface area contributed by atoms with Crippen LogP contribution in [0.1, 0.15) is 21.6 Å². The number of rotatable bonds is 6. The lowest BCUT2D eigenvalue weighted by atomic mass is 10.1. The largest absolute Gasteiger partial charge is 0.493 e. The number of ether oxygens (including phenoxy) is 2. The summed E-state index contributed by atoms with van der Waals surface area (Å²) >= 11 is 1.36. The minimum absolute atomic E-state index is 0.236. The van der Waals surface area contributed by atoms with Crippen molar-refractivity contribution in [2.24, 2.45) is 0 Å². The normalized spacial score (nSPS) is 10.4. The van der Waals surface area contributed by atoms with Crippen LogP contribution in [0.25, 0.3) is 0 Å². The van der Waals surface area contributed by atoms with Crippen molar-refractivity contribution in [2.45, 2.75) is 13.8 Å². The van der Waals surface area contributed by atoms with E-state index in [-0.39, 0.29) is 5.91 Å². The van der Waals surface area contributed by atoms with Gasteiger partial charge in [0.25, 0.3) is 5.91 Å². The number of aromatic nitrogens is 1.